The molecule has 3 aliphatic rings. The standard InChI is InChI=1S/C8H15NS/c10-6-8-5-9-3-1-7(8)2-4-9/h7-8,10H,1-6H2/t8-/m1/s1. The molecule has 3 heterocycles. The summed E-state index contributed by atoms with van der Waals surface area (Å²) in [4.78, 5) is 2.58. The lowest BCUT2D eigenvalue weighted by Gasteiger charge is -2.44. The molecule has 0 spiro atoms. The third-order valence-electron chi connectivity index (χ3n) is 3.03. The molecule has 3 aliphatic heterocycles. The number of hydrogen-bond donors (Lipinski definition) is 1. The lowest BCUT2D eigenvalue weighted by molar-refractivity contribution is 0.0628. The summed E-state index contributed by atoms with van der Waals surface area (Å²) in [6, 6.07) is 0. The topological polar surface area (TPSA) is 3.24 Å². The Morgan fingerprint density at radius 3 is 2.30 bits per heavy atom. The molecule has 0 aromatic heterocycles. The van der Waals surface area contributed by atoms with Crippen molar-refractivity contribution in [2.75, 3.05) is 25.4 Å². The van der Waals surface area contributed by atoms with Crippen molar-refractivity contribution >= 4 is 12.6 Å². The van der Waals surface area contributed by atoms with Crippen LogP contribution in [0.1, 0.15) is 12.8 Å². The van der Waals surface area contributed by atoms with E-state index >= 15 is 0 Å². The van der Waals surface area contributed by atoms with E-state index < -0.39 is 0 Å². The van der Waals surface area contributed by atoms with Crippen LogP contribution < -0.4 is 0 Å². The normalized spacial score (nSPS) is 45.9. The Hall–Kier alpha value is 0.310. The maximum atomic E-state index is 4.37. The highest BCUT2D eigenvalue weighted by molar-refractivity contribution is 7.80. The second-order valence-electron chi connectivity index (χ2n) is 3.58. The van der Waals surface area contributed by atoms with Gasteiger partial charge >= 0.3 is 0 Å². The molecule has 0 radical (unpaired) electrons. The molecular formula is C8H15NS. The number of thiol groups is 1. The quantitative estimate of drug-likeness (QED) is 0.561. The van der Waals surface area contributed by atoms with Crippen molar-refractivity contribution < 1.29 is 0 Å². The largest absolute Gasteiger partial charge is 0.303 e. The van der Waals surface area contributed by atoms with Gasteiger partial charge in [0.1, 0.15) is 0 Å². The molecule has 1 nitrogen and oxygen atoms in total. The Labute approximate surface area is 68.2 Å². The van der Waals surface area contributed by atoms with Crippen LogP contribution in [0.5, 0.6) is 0 Å². The first kappa shape index (κ1) is 6.99. The fourth-order valence-electron chi connectivity index (χ4n) is 2.29. The summed E-state index contributed by atoms with van der Waals surface area (Å²) < 4.78 is 0. The number of piperidine rings is 3. The number of nitrogens with zero attached hydrogens (tertiary/aromatic N) is 1. The Morgan fingerprint density at radius 2 is 2.00 bits per heavy atom. The molecular weight excluding hydrogens is 142 g/mol. The Bertz CT molecular complexity index is 118. The minimum atomic E-state index is 0.908. The first-order valence-corrected chi connectivity index (χ1v) is 4.86. The fourth-order valence-corrected chi connectivity index (χ4v) is 2.71. The zero-order valence-electron chi connectivity index (χ0n) is 6.29. The fraction of sp³-hybridized carbons (Fsp3) is 1.00. The maximum Gasteiger partial charge on any atom is 0.00201 e. The zero-order chi connectivity index (χ0) is 6.97. The van der Waals surface area contributed by atoms with Gasteiger partial charge in [0.2, 0.25) is 0 Å². The van der Waals surface area contributed by atoms with E-state index in [9.17, 15) is 0 Å². The van der Waals surface area contributed by atoms with Crippen LogP contribution in [0.3, 0.4) is 0 Å². The third-order valence-corrected chi connectivity index (χ3v) is 3.50. The molecule has 10 heavy (non-hydrogen) atoms. The highest BCUT2D eigenvalue weighted by atomic mass is 32.1. The van der Waals surface area contributed by atoms with Crippen molar-refractivity contribution in [1.29, 1.82) is 0 Å². The van der Waals surface area contributed by atoms with Crippen LogP contribution in [0.2, 0.25) is 0 Å². The molecule has 0 saturated carbocycles. The predicted octanol–water partition coefficient (Wildman–Crippen LogP) is 1.26. The van der Waals surface area contributed by atoms with Crippen LogP contribution in [-0.4, -0.2) is 30.3 Å². The summed E-state index contributed by atoms with van der Waals surface area (Å²) in [5, 5.41) is 0. The van der Waals surface area contributed by atoms with Gasteiger partial charge in [-0.25, -0.2) is 0 Å². The second-order valence-corrected chi connectivity index (χ2v) is 3.95. The average Bonchev–Trinajstić information content (AvgIpc) is 2.06. The number of fused-ring (bicyclic) bond motifs is 3. The molecule has 58 valence electrons. The molecule has 3 rings (SSSR count). The van der Waals surface area contributed by atoms with Gasteiger partial charge in [0.25, 0.3) is 0 Å². The van der Waals surface area contributed by atoms with Crippen molar-refractivity contribution in [2.45, 2.75) is 12.8 Å². The minimum absolute atomic E-state index is 0.908. The summed E-state index contributed by atoms with van der Waals surface area (Å²) >= 11 is 4.37. The van der Waals surface area contributed by atoms with Crippen LogP contribution in [0.25, 0.3) is 0 Å². The average molecular weight is 157 g/mol. The van der Waals surface area contributed by atoms with E-state index in [1.165, 1.54) is 32.5 Å². The first-order valence-electron chi connectivity index (χ1n) is 4.23. The van der Waals surface area contributed by atoms with E-state index in [0.29, 0.717) is 0 Å². The molecule has 3 saturated heterocycles. The Kier molecular flexibility index (Phi) is 1.92. The van der Waals surface area contributed by atoms with Gasteiger partial charge in [0.15, 0.2) is 0 Å². The zero-order valence-corrected chi connectivity index (χ0v) is 7.19. The van der Waals surface area contributed by atoms with Gasteiger partial charge in [0, 0.05) is 6.54 Å². The van der Waals surface area contributed by atoms with E-state index in [-0.39, 0.29) is 0 Å². The summed E-state index contributed by atoms with van der Waals surface area (Å²) in [5.74, 6) is 3.02. The summed E-state index contributed by atoms with van der Waals surface area (Å²) in [6.45, 7) is 4.04. The van der Waals surface area contributed by atoms with E-state index in [2.05, 4.69) is 17.5 Å². The van der Waals surface area contributed by atoms with Crippen LogP contribution in [0.15, 0.2) is 0 Å². The van der Waals surface area contributed by atoms with Gasteiger partial charge in [-0.15, -0.1) is 0 Å². The van der Waals surface area contributed by atoms with E-state index in [0.717, 1.165) is 17.6 Å². The van der Waals surface area contributed by atoms with E-state index in [1.54, 1.807) is 0 Å². The monoisotopic (exact) mass is 157 g/mol. The molecule has 1 atom stereocenters. The first-order chi connectivity index (χ1) is 4.90. The number of rotatable bonds is 1. The van der Waals surface area contributed by atoms with Crippen molar-refractivity contribution in [3.63, 3.8) is 0 Å². The maximum absolute atomic E-state index is 4.37. The second kappa shape index (κ2) is 2.74. The highest BCUT2D eigenvalue weighted by Gasteiger charge is 2.32. The summed E-state index contributed by atoms with van der Waals surface area (Å²) in [7, 11) is 0. The Morgan fingerprint density at radius 1 is 1.30 bits per heavy atom. The van der Waals surface area contributed by atoms with E-state index in [1.807, 2.05) is 0 Å². The SMILES string of the molecule is SC[C@H]1CN2CCC1CC2. The van der Waals surface area contributed by atoms with Crippen molar-refractivity contribution in [2.24, 2.45) is 11.8 Å². The highest BCUT2D eigenvalue weighted by Crippen LogP contribution is 2.32. The summed E-state index contributed by atoms with van der Waals surface area (Å²) in [6.07, 6.45) is 2.87. The molecule has 0 N–H and O–H groups in total. The lowest BCUT2D eigenvalue weighted by Crippen LogP contribution is -2.47. The lowest BCUT2D eigenvalue weighted by atomic mass is 9.80. The van der Waals surface area contributed by atoms with Crippen LogP contribution in [0.4, 0.5) is 0 Å². The molecule has 3 fully saturated rings. The number of hydrogen-bond acceptors (Lipinski definition) is 2. The van der Waals surface area contributed by atoms with Crippen LogP contribution >= 0.6 is 12.6 Å². The molecule has 2 bridgehead atoms. The summed E-state index contributed by atoms with van der Waals surface area (Å²) in [5.41, 5.74) is 0. The van der Waals surface area contributed by atoms with E-state index in [4.69, 9.17) is 0 Å². The molecule has 2 heteroatoms. The van der Waals surface area contributed by atoms with Crippen molar-refractivity contribution in [3.05, 3.63) is 0 Å². The van der Waals surface area contributed by atoms with Crippen LogP contribution in [-0.2, 0) is 0 Å². The minimum Gasteiger partial charge on any atom is -0.303 e. The van der Waals surface area contributed by atoms with Crippen LogP contribution in [0, 0.1) is 11.8 Å². The predicted molar refractivity (Wildman–Crippen MR) is 46.5 cm³/mol. The molecule has 0 aromatic rings. The van der Waals surface area contributed by atoms with Gasteiger partial charge in [-0.05, 0) is 43.5 Å². The van der Waals surface area contributed by atoms with Gasteiger partial charge in [0.05, 0.1) is 0 Å². The molecule has 0 amide bonds. The molecule has 0 aliphatic carbocycles. The third kappa shape index (κ3) is 1.08. The van der Waals surface area contributed by atoms with Gasteiger partial charge in [-0.3, -0.25) is 0 Å². The Balaban J connectivity index is 2.01. The smallest absolute Gasteiger partial charge is 0.00201 e. The molecule has 0 unspecified atom stereocenters. The van der Waals surface area contributed by atoms with Crippen molar-refractivity contribution in [1.82, 2.24) is 4.90 Å². The van der Waals surface area contributed by atoms with Gasteiger partial charge in [-0.1, -0.05) is 0 Å². The van der Waals surface area contributed by atoms with Gasteiger partial charge < -0.3 is 4.90 Å². The van der Waals surface area contributed by atoms with Crippen molar-refractivity contribution in [3.8, 4) is 0 Å². The molecule has 0 aromatic carbocycles. The van der Waals surface area contributed by atoms with Gasteiger partial charge in [-0.2, -0.15) is 12.6 Å².